The summed E-state index contributed by atoms with van der Waals surface area (Å²) < 4.78 is 11.2. The van der Waals surface area contributed by atoms with Gasteiger partial charge in [-0.25, -0.2) is 9.59 Å². The van der Waals surface area contributed by atoms with Crippen LogP contribution >= 0.6 is 15.9 Å². The summed E-state index contributed by atoms with van der Waals surface area (Å²) in [4.78, 5) is 53.7. The van der Waals surface area contributed by atoms with Gasteiger partial charge in [0.15, 0.2) is 23.1 Å². The molecule has 0 unspecified atom stereocenters. The minimum atomic E-state index is -1.13. The fraction of sp³-hybridized carbons (Fsp3) is 0.0667. The number of hydrogen-bond acceptors (Lipinski definition) is 8. The Morgan fingerprint density at radius 1 is 0.641 bits per heavy atom. The van der Waals surface area contributed by atoms with Gasteiger partial charge in [-0.1, -0.05) is 64.5 Å². The van der Waals surface area contributed by atoms with Crippen molar-refractivity contribution in [2.45, 2.75) is 6.92 Å². The molecule has 39 heavy (non-hydrogen) atoms. The summed E-state index contributed by atoms with van der Waals surface area (Å²) in [6, 6.07) is 21.4. The molecule has 0 amide bonds. The van der Waals surface area contributed by atoms with Crippen LogP contribution in [0.5, 0.6) is 17.2 Å². The Morgan fingerprint density at radius 3 is 1.72 bits per heavy atom. The first-order valence-electron chi connectivity index (χ1n) is 11.7. The number of phenols is 2. The van der Waals surface area contributed by atoms with E-state index in [1.165, 1.54) is 43.3 Å². The molecule has 0 fully saturated rings. The highest BCUT2D eigenvalue weighted by Gasteiger charge is 2.37. The molecule has 0 aromatic heterocycles. The Labute approximate surface area is 231 Å². The molecule has 0 aliphatic rings. The Bertz CT molecular complexity index is 1560. The van der Waals surface area contributed by atoms with E-state index in [9.17, 15) is 29.4 Å². The fourth-order valence-corrected chi connectivity index (χ4v) is 4.12. The molecule has 0 atom stereocenters. The molecule has 0 radical (unpaired) electrons. The van der Waals surface area contributed by atoms with Crippen molar-refractivity contribution in [2.24, 2.45) is 0 Å². The number of ketones is 2. The average molecular weight is 589 g/mol. The molecule has 0 heterocycles. The number of aromatic hydroxyl groups is 2. The van der Waals surface area contributed by atoms with Gasteiger partial charge in [-0.15, -0.1) is 0 Å². The van der Waals surface area contributed by atoms with Crippen molar-refractivity contribution in [2.75, 3.05) is 6.61 Å². The van der Waals surface area contributed by atoms with Crippen molar-refractivity contribution in [1.29, 1.82) is 0 Å². The molecule has 196 valence electrons. The SMILES string of the molecule is CCOC(=O)c1c(C(=O)c2ccccc2)c(O)c(O)c(OC(=O)c2ccccc2)c1C(=O)c1ccc(Br)cc1. The average Bonchev–Trinajstić information content (AvgIpc) is 2.96. The van der Waals surface area contributed by atoms with Gasteiger partial charge >= 0.3 is 11.9 Å². The fourth-order valence-electron chi connectivity index (χ4n) is 3.85. The second kappa shape index (κ2) is 11.7. The molecule has 0 saturated carbocycles. The van der Waals surface area contributed by atoms with Crippen molar-refractivity contribution < 1.29 is 38.9 Å². The van der Waals surface area contributed by atoms with E-state index in [2.05, 4.69) is 15.9 Å². The molecule has 0 aliphatic heterocycles. The zero-order chi connectivity index (χ0) is 28.1. The van der Waals surface area contributed by atoms with Crippen molar-refractivity contribution in [3.05, 3.63) is 123 Å². The molecule has 4 aromatic carbocycles. The van der Waals surface area contributed by atoms with Gasteiger partial charge in [-0.05, 0) is 43.3 Å². The smallest absolute Gasteiger partial charge is 0.343 e. The number of carbonyl (C=O) groups excluding carboxylic acids is 4. The molecule has 0 bridgehead atoms. The highest BCUT2D eigenvalue weighted by Crippen LogP contribution is 2.46. The van der Waals surface area contributed by atoms with E-state index in [4.69, 9.17) is 9.47 Å². The topological polar surface area (TPSA) is 127 Å². The molecule has 0 saturated heterocycles. The normalized spacial score (nSPS) is 10.5. The van der Waals surface area contributed by atoms with Crippen molar-refractivity contribution >= 4 is 39.4 Å². The van der Waals surface area contributed by atoms with E-state index in [1.807, 2.05) is 0 Å². The lowest BCUT2D eigenvalue weighted by atomic mass is 9.88. The van der Waals surface area contributed by atoms with Crippen LogP contribution in [0.4, 0.5) is 0 Å². The molecular formula is C30H21BrO8. The zero-order valence-electron chi connectivity index (χ0n) is 20.5. The summed E-state index contributed by atoms with van der Waals surface area (Å²) in [7, 11) is 0. The third kappa shape index (κ3) is 5.58. The Kier molecular flexibility index (Phi) is 8.21. The van der Waals surface area contributed by atoms with E-state index in [1.54, 1.807) is 48.5 Å². The predicted molar refractivity (Wildman–Crippen MR) is 145 cm³/mol. The molecule has 4 aromatic rings. The summed E-state index contributed by atoms with van der Waals surface area (Å²) in [5.41, 5.74) is -1.75. The number of halogens is 1. The van der Waals surface area contributed by atoms with Crippen LogP contribution in [0.3, 0.4) is 0 Å². The van der Waals surface area contributed by atoms with Gasteiger partial charge in [-0.3, -0.25) is 9.59 Å². The van der Waals surface area contributed by atoms with Gasteiger partial charge in [-0.2, -0.15) is 0 Å². The number of esters is 2. The monoisotopic (exact) mass is 588 g/mol. The van der Waals surface area contributed by atoms with Gasteiger partial charge in [0.2, 0.25) is 5.75 Å². The van der Waals surface area contributed by atoms with Gasteiger partial charge in [0.05, 0.1) is 28.9 Å². The quantitative estimate of drug-likeness (QED) is 0.116. The summed E-state index contributed by atoms with van der Waals surface area (Å²) in [6.45, 7) is 1.38. The highest BCUT2D eigenvalue weighted by atomic mass is 79.9. The number of ether oxygens (including phenoxy) is 2. The maximum absolute atomic E-state index is 13.9. The minimum Gasteiger partial charge on any atom is -0.504 e. The van der Waals surface area contributed by atoms with Crippen LogP contribution in [0.2, 0.25) is 0 Å². The third-order valence-corrected chi connectivity index (χ3v) is 6.21. The van der Waals surface area contributed by atoms with Crippen LogP contribution in [-0.4, -0.2) is 40.3 Å². The summed E-state index contributed by atoms with van der Waals surface area (Å²) in [5.74, 6) is -6.74. The van der Waals surface area contributed by atoms with Crippen LogP contribution in [0.1, 0.15) is 59.5 Å². The van der Waals surface area contributed by atoms with E-state index in [0.29, 0.717) is 4.47 Å². The van der Waals surface area contributed by atoms with E-state index < -0.39 is 57.4 Å². The molecule has 4 rings (SSSR count). The second-order valence-corrected chi connectivity index (χ2v) is 9.07. The Balaban J connectivity index is 2.05. The van der Waals surface area contributed by atoms with Gasteiger partial charge in [0, 0.05) is 15.6 Å². The molecule has 2 N–H and O–H groups in total. The molecule has 8 nitrogen and oxygen atoms in total. The Hall–Kier alpha value is -4.76. The van der Waals surface area contributed by atoms with Gasteiger partial charge in [0.1, 0.15) is 0 Å². The highest BCUT2D eigenvalue weighted by molar-refractivity contribution is 9.10. The summed E-state index contributed by atoms with van der Waals surface area (Å²) in [6.07, 6.45) is 0. The van der Waals surface area contributed by atoms with Crippen molar-refractivity contribution in [3.63, 3.8) is 0 Å². The molecule has 0 spiro atoms. The number of phenolic OH excluding ortho intramolecular Hbond substituents is 2. The molecular weight excluding hydrogens is 568 g/mol. The maximum atomic E-state index is 13.9. The number of hydrogen-bond donors (Lipinski definition) is 2. The first-order valence-corrected chi connectivity index (χ1v) is 12.5. The third-order valence-electron chi connectivity index (χ3n) is 5.68. The predicted octanol–water partition coefficient (Wildman–Crippen LogP) is 5.72. The van der Waals surface area contributed by atoms with Crippen LogP contribution < -0.4 is 4.74 Å². The number of benzene rings is 4. The number of rotatable bonds is 8. The standard InChI is InChI=1S/C30H21BrO8/c1-2-38-30(37)21-22(24(32)17-9-5-3-6-10-17)26(34)27(35)28(39-29(36)19-11-7-4-8-12-19)23(21)25(33)18-13-15-20(31)16-14-18/h3-16,34-35H,2H2,1H3. The molecule has 9 heteroatoms. The Morgan fingerprint density at radius 2 is 1.15 bits per heavy atom. The first-order chi connectivity index (χ1) is 18.7. The van der Waals surface area contributed by atoms with Crippen LogP contribution in [0, 0.1) is 0 Å². The van der Waals surface area contributed by atoms with Gasteiger partial charge in [0.25, 0.3) is 0 Å². The first kappa shape index (κ1) is 27.3. The lowest BCUT2D eigenvalue weighted by Crippen LogP contribution is -2.21. The minimum absolute atomic E-state index is 0.0453. The van der Waals surface area contributed by atoms with Crippen molar-refractivity contribution in [1.82, 2.24) is 0 Å². The van der Waals surface area contributed by atoms with E-state index in [0.717, 1.165) is 0 Å². The van der Waals surface area contributed by atoms with E-state index in [-0.39, 0.29) is 23.3 Å². The summed E-state index contributed by atoms with van der Waals surface area (Å²) >= 11 is 3.29. The summed E-state index contributed by atoms with van der Waals surface area (Å²) in [5, 5.41) is 22.1. The largest absolute Gasteiger partial charge is 0.504 e. The van der Waals surface area contributed by atoms with Gasteiger partial charge < -0.3 is 19.7 Å². The lowest BCUT2D eigenvalue weighted by Gasteiger charge is -2.19. The molecule has 0 aliphatic carbocycles. The second-order valence-electron chi connectivity index (χ2n) is 8.16. The van der Waals surface area contributed by atoms with Crippen LogP contribution in [0.25, 0.3) is 0 Å². The maximum Gasteiger partial charge on any atom is 0.343 e. The lowest BCUT2D eigenvalue weighted by molar-refractivity contribution is 0.0517. The van der Waals surface area contributed by atoms with Crippen molar-refractivity contribution in [3.8, 4) is 17.2 Å². The van der Waals surface area contributed by atoms with E-state index >= 15 is 0 Å². The zero-order valence-corrected chi connectivity index (χ0v) is 22.1. The number of carbonyl (C=O) groups is 4. The van der Waals surface area contributed by atoms with Crippen LogP contribution in [0.15, 0.2) is 89.4 Å². The van der Waals surface area contributed by atoms with Crippen LogP contribution in [-0.2, 0) is 4.74 Å².